The van der Waals surface area contributed by atoms with Gasteiger partial charge in [-0.25, -0.2) is 0 Å². The van der Waals surface area contributed by atoms with Gasteiger partial charge in [0, 0.05) is 18.2 Å². The molecule has 0 heterocycles. The van der Waals surface area contributed by atoms with Crippen LogP contribution in [-0.2, 0) is 0 Å². The Morgan fingerprint density at radius 1 is 1.35 bits per heavy atom. The van der Waals surface area contributed by atoms with E-state index in [0.717, 1.165) is 18.8 Å². The molecule has 2 rings (SSSR count). The molecule has 1 aromatic carbocycles. The molecule has 2 unspecified atom stereocenters. The quantitative estimate of drug-likeness (QED) is 0.607. The summed E-state index contributed by atoms with van der Waals surface area (Å²) in [5, 5.41) is 14.7. The first-order valence-corrected chi connectivity index (χ1v) is 7.66. The van der Waals surface area contributed by atoms with Crippen molar-refractivity contribution in [1.82, 2.24) is 0 Å². The molecular formula is C14H18Cl2N2O2. The van der Waals surface area contributed by atoms with Crippen molar-refractivity contribution >= 4 is 34.6 Å². The number of nitrogens with one attached hydrogen (secondary N) is 1. The Morgan fingerprint density at radius 2 is 2.00 bits per heavy atom. The van der Waals surface area contributed by atoms with Crippen LogP contribution in [0.15, 0.2) is 12.1 Å². The van der Waals surface area contributed by atoms with Crippen molar-refractivity contribution in [1.29, 1.82) is 0 Å². The first kappa shape index (κ1) is 15.4. The second-order valence-corrected chi connectivity index (χ2v) is 6.14. The number of rotatable bonds is 4. The van der Waals surface area contributed by atoms with Crippen molar-refractivity contribution in [3.63, 3.8) is 0 Å². The zero-order valence-electron chi connectivity index (χ0n) is 11.4. The molecule has 1 fully saturated rings. The lowest BCUT2D eigenvalue weighted by molar-refractivity contribution is -0.384. The molecule has 2 atom stereocenters. The van der Waals surface area contributed by atoms with E-state index in [1.807, 2.05) is 0 Å². The third kappa shape index (κ3) is 3.55. The van der Waals surface area contributed by atoms with Gasteiger partial charge in [0.2, 0.25) is 0 Å². The van der Waals surface area contributed by atoms with Gasteiger partial charge in [-0.15, -0.1) is 0 Å². The van der Waals surface area contributed by atoms with Gasteiger partial charge in [0.05, 0.1) is 20.7 Å². The van der Waals surface area contributed by atoms with Crippen LogP contribution in [0, 0.1) is 16.0 Å². The van der Waals surface area contributed by atoms with Crippen LogP contribution in [0.25, 0.3) is 0 Å². The number of nitro benzene ring substituents is 1. The smallest absolute Gasteiger partial charge is 0.272 e. The summed E-state index contributed by atoms with van der Waals surface area (Å²) >= 11 is 12.2. The van der Waals surface area contributed by atoms with Gasteiger partial charge in [0.1, 0.15) is 0 Å². The van der Waals surface area contributed by atoms with Gasteiger partial charge >= 0.3 is 0 Å². The molecule has 1 N–H and O–H groups in total. The number of halogens is 2. The van der Waals surface area contributed by atoms with Crippen molar-refractivity contribution in [3.05, 3.63) is 32.3 Å². The molecule has 20 heavy (non-hydrogen) atoms. The fraction of sp³-hybridized carbons (Fsp3) is 0.571. The van der Waals surface area contributed by atoms with Gasteiger partial charge < -0.3 is 5.32 Å². The van der Waals surface area contributed by atoms with E-state index >= 15 is 0 Å². The van der Waals surface area contributed by atoms with E-state index in [-0.39, 0.29) is 5.69 Å². The molecule has 1 saturated carbocycles. The maximum atomic E-state index is 10.8. The molecule has 0 aliphatic heterocycles. The summed E-state index contributed by atoms with van der Waals surface area (Å²) in [6.45, 7) is 2.21. The molecule has 0 bridgehead atoms. The van der Waals surface area contributed by atoms with E-state index in [1.165, 1.54) is 31.4 Å². The van der Waals surface area contributed by atoms with Gasteiger partial charge in [-0.1, -0.05) is 49.4 Å². The minimum atomic E-state index is -0.491. The highest BCUT2D eigenvalue weighted by Gasteiger charge is 2.23. The van der Waals surface area contributed by atoms with E-state index < -0.39 is 4.92 Å². The first-order valence-electron chi connectivity index (χ1n) is 6.91. The van der Waals surface area contributed by atoms with E-state index in [4.69, 9.17) is 23.2 Å². The monoisotopic (exact) mass is 316 g/mol. The summed E-state index contributed by atoms with van der Waals surface area (Å²) in [5.74, 6) is 0.733. The number of hydrogen-bond donors (Lipinski definition) is 1. The van der Waals surface area contributed by atoms with E-state index in [0.29, 0.717) is 21.8 Å². The largest absolute Gasteiger partial charge is 0.380 e. The molecule has 6 heteroatoms. The van der Waals surface area contributed by atoms with Gasteiger partial charge in [0.25, 0.3) is 5.69 Å². The first-order chi connectivity index (χ1) is 9.51. The van der Waals surface area contributed by atoms with Crippen molar-refractivity contribution in [2.45, 2.75) is 45.1 Å². The van der Waals surface area contributed by atoms with Gasteiger partial charge in [-0.2, -0.15) is 0 Å². The van der Waals surface area contributed by atoms with E-state index in [9.17, 15) is 10.1 Å². The molecule has 1 aliphatic rings. The number of anilines is 1. The van der Waals surface area contributed by atoms with Gasteiger partial charge in [0.15, 0.2) is 0 Å². The van der Waals surface area contributed by atoms with Crippen LogP contribution in [0.4, 0.5) is 11.4 Å². The standard InChI is InChI=1S/C14H18Cl2N2O2/c1-2-9-4-3-5-10(6-9)17-14-12(15)7-11(18(19)20)8-13(14)16/h7-10,17H,2-6H2,1H3. The van der Waals surface area contributed by atoms with Crippen LogP contribution in [-0.4, -0.2) is 11.0 Å². The summed E-state index contributed by atoms with van der Waals surface area (Å²) in [5.41, 5.74) is 0.529. The molecule has 0 aromatic heterocycles. The predicted molar refractivity (Wildman–Crippen MR) is 82.8 cm³/mol. The molecule has 0 spiro atoms. The number of nitrogens with zero attached hydrogens (tertiary/aromatic N) is 1. The van der Waals surface area contributed by atoms with Gasteiger partial charge in [-0.3, -0.25) is 10.1 Å². The fourth-order valence-corrected chi connectivity index (χ4v) is 3.38. The molecule has 0 saturated heterocycles. The predicted octanol–water partition coefficient (Wildman–Crippen LogP) is 5.28. The summed E-state index contributed by atoms with van der Waals surface area (Å²) in [6.07, 6.45) is 5.83. The Balaban J connectivity index is 2.15. The molecule has 1 aromatic rings. The Bertz CT molecular complexity index is 485. The number of nitro groups is 1. The maximum Gasteiger partial charge on any atom is 0.272 e. The Hall–Kier alpha value is -1.00. The molecular weight excluding hydrogens is 299 g/mol. The summed E-state index contributed by atoms with van der Waals surface area (Å²) in [7, 11) is 0. The van der Waals surface area contributed by atoms with Crippen LogP contribution in [0.1, 0.15) is 39.0 Å². The van der Waals surface area contributed by atoms with E-state index in [1.54, 1.807) is 0 Å². The lowest BCUT2D eigenvalue weighted by atomic mass is 9.84. The highest BCUT2D eigenvalue weighted by molar-refractivity contribution is 6.39. The zero-order chi connectivity index (χ0) is 14.7. The Morgan fingerprint density at radius 3 is 2.55 bits per heavy atom. The second kappa shape index (κ2) is 6.64. The van der Waals surface area contributed by atoms with Crippen molar-refractivity contribution in [2.24, 2.45) is 5.92 Å². The average molecular weight is 317 g/mol. The molecule has 0 amide bonds. The van der Waals surface area contributed by atoms with Crippen LogP contribution < -0.4 is 5.32 Å². The molecule has 110 valence electrons. The highest BCUT2D eigenvalue weighted by Crippen LogP contribution is 2.37. The van der Waals surface area contributed by atoms with Crippen LogP contribution in [0.2, 0.25) is 10.0 Å². The van der Waals surface area contributed by atoms with Crippen LogP contribution >= 0.6 is 23.2 Å². The molecule has 4 nitrogen and oxygen atoms in total. The van der Waals surface area contributed by atoms with E-state index in [2.05, 4.69) is 12.2 Å². The fourth-order valence-electron chi connectivity index (χ4n) is 2.80. The maximum absolute atomic E-state index is 10.8. The SMILES string of the molecule is CCC1CCCC(Nc2c(Cl)cc([N+](=O)[O-])cc2Cl)C1. The lowest BCUT2D eigenvalue weighted by Gasteiger charge is -2.30. The molecule has 1 aliphatic carbocycles. The third-order valence-corrected chi connectivity index (χ3v) is 4.54. The highest BCUT2D eigenvalue weighted by atomic mass is 35.5. The zero-order valence-corrected chi connectivity index (χ0v) is 12.9. The lowest BCUT2D eigenvalue weighted by Crippen LogP contribution is -2.27. The van der Waals surface area contributed by atoms with Crippen LogP contribution in [0.5, 0.6) is 0 Å². The minimum absolute atomic E-state index is 0.0828. The number of benzene rings is 1. The summed E-state index contributed by atoms with van der Waals surface area (Å²) < 4.78 is 0. The third-order valence-electron chi connectivity index (χ3n) is 3.95. The van der Waals surface area contributed by atoms with Crippen molar-refractivity contribution in [2.75, 3.05) is 5.32 Å². The Kier molecular flexibility index (Phi) is 5.11. The Labute approximate surface area is 128 Å². The number of hydrogen-bond acceptors (Lipinski definition) is 3. The topological polar surface area (TPSA) is 55.2 Å². The van der Waals surface area contributed by atoms with Crippen molar-refractivity contribution < 1.29 is 4.92 Å². The number of non-ortho nitro benzene ring substituents is 1. The summed E-state index contributed by atoms with van der Waals surface area (Å²) in [4.78, 5) is 10.3. The normalized spacial score (nSPS) is 22.6. The molecule has 0 radical (unpaired) electrons. The van der Waals surface area contributed by atoms with Crippen LogP contribution in [0.3, 0.4) is 0 Å². The summed E-state index contributed by atoms with van der Waals surface area (Å²) in [6, 6.07) is 3.02. The van der Waals surface area contributed by atoms with Gasteiger partial charge in [-0.05, 0) is 18.8 Å². The minimum Gasteiger partial charge on any atom is -0.380 e. The second-order valence-electron chi connectivity index (χ2n) is 5.32. The van der Waals surface area contributed by atoms with Crippen molar-refractivity contribution in [3.8, 4) is 0 Å². The average Bonchev–Trinajstić information content (AvgIpc) is 2.42.